The second-order valence-electron chi connectivity index (χ2n) is 2.33. The van der Waals surface area contributed by atoms with Crippen LogP contribution >= 0.6 is 11.5 Å². The van der Waals surface area contributed by atoms with E-state index >= 15 is 0 Å². The van der Waals surface area contributed by atoms with Crippen molar-refractivity contribution in [2.45, 2.75) is 13.0 Å². The number of carboxylic acid groups (broad SMARTS) is 1. The molecule has 1 heterocycles. The molecule has 0 radical (unpaired) electrons. The number of hydrogen-bond acceptors (Lipinski definition) is 6. The van der Waals surface area contributed by atoms with E-state index in [1.165, 1.54) is 6.92 Å². The zero-order chi connectivity index (χ0) is 10.6. The molecular weight excluding hydrogens is 210 g/mol. The van der Waals surface area contributed by atoms with Gasteiger partial charge in [-0.15, -0.1) is 0 Å². The van der Waals surface area contributed by atoms with Crippen molar-refractivity contribution in [3.8, 4) is 0 Å². The van der Waals surface area contributed by atoms with Crippen molar-refractivity contribution in [3.63, 3.8) is 0 Å². The molecule has 0 aliphatic carbocycles. The highest BCUT2D eigenvalue weighted by Crippen LogP contribution is 2.03. The summed E-state index contributed by atoms with van der Waals surface area (Å²) in [6.07, 6.45) is 0. The van der Waals surface area contributed by atoms with E-state index in [1.807, 2.05) is 0 Å². The Morgan fingerprint density at radius 2 is 2.29 bits per heavy atom. The van der Waals surface area contributed by atoms with Gasteiger partial charge in [-0.25, -0.2) is 4.79 Å². The molecule has 0 aliphatic rings. The Hall–Kier alpha value is -1.77. The third kappa shape index (κ3) is 2.94. The smallest absolute Gasteiger partial charge is 0.325 e. The Balaban J connectivity index is 2.40. The summed E-state index contributed by atoms with van der Waals surface area (Å²) in [6.45, 7) is 1.35. The molecule has 1 atom stereocenters. The molecular formula is C5H7N5O3S. The number of carboxylic acids is 1. The molecule has 1 aromatic rings. The summed E-state index contributed by atoms with van der Waals surface area (Å²) in [7, 11) is 0. The second-order valence-corrected chi connectivity index (χ2v) is 3.06. The monoisotopic (exact) mass is 217 g/mol. The number of nitrogens with zero attached hydrogens (tertiary/aromatic N) is 3. The summed E-state index contributed by atoms with van der Waals surface area (Å²) in [5.74, 6) is -1.12. The van der Waals surface area contributed by atoms with Gasteiger partial charge in [-0.1, -0.05) is 9.59 Å². The first-order valence-corrected chi connectivity index (χ1v) is 4.32. The van der Waals surface area contributed by atoms with Gasteiger partial charge < -0.3 is 10.4 Å². The van der Waals surface area contributed by atoms with Crippen LogP contribution in [0.1, 0.15) is 6.92 Å². The van der Waals surface area contributed by atoms with Crippen LogP contribution < -0.4 is 10.6 Å². The van der Waals surface area contributed by atoms with E-state index in [0.29, 0.717) is 0 Å². The lowest BCUT2D eigenvalue weighted by Gasteiger charge is -2.07. The standard InChI is InChI=1S/C5H7N5O3S/c1-2(3(11)12)6-4(13)7-5-8-9-10-14-5/h2H,1H3,(H,11,12)(H2,6,7,8,10,13)/t2-/m0/s1. The number of rotatable bonds is 3. The van der Waals surface area contributed by atoms with Gasteiger partial charge in [-0.3, -0.25) is 10.1 Å². The van der Waals surface area contributed by atoms with Crippen LogP contribution in [-0.4, -0.2) is 37.9 Å². The van der Waals surface area contributed by atoms with Crippen LogP contribution in [-0.2, 0) is 4.79 Å². The minimum Gasteiger partial charge on any atom is -0.480 e. The molecule has 3 N–H and O–H groups in total. The van der Waals surface area contributed by atoms with Crippen molar-refractivity contribution in [2.24, 2.45) is 0 Å². The van der Waals surface area contributed by atoms with Crippen molar-refractivity contribution >= 4 is 28.7 Å². The van der Waals surface area contributed by atoms with E-state index in [4.69, 9.17) is 5.11 Å². The quantitative estimate of drug-likeness (QED) is 0.630. The molecule has 1 aromatic heterocycles. The van der Waals surface area contributed by atoms with Crippen LogP contribution in [0.2, 0.25) is 0 Å². The maximum absolute atomic E-state index is 11.1. The fraction of sp³-hybridized carbons (Fsp3) is 0.400. The Morgan fingerprint density at radius 3 is 2.79 bits per heavy atom. The average molecular weight is 217 g/mol. The summed E-state index contributed by atoms with van der Waals surface area (Å²) in [6, 6.07) is -1.62. The van der Waals surface area contributed by atoms with Crippen molar-refractivity contribution < 1.29 is 14.7 Å². The van der Waals surface area contributed by atoms with Gasteiger partial charge in [-0.2, -0.15) is 0 Å². The van der Waals surface area contributed by atoms with Crippen LogP contribution in [0.3, 0.4) is 0 Å². The maximum atomic E-state index is 11.1. The first kappa shape index (κ1) is 10.3. The van der Waals surface area contributed by atoms with Gasteiger partial charge in [0.1, 0.15) is 6.04 Å². The van der Waals surface area contributed by atoms with Crippen molar-refractivity contribution in [2.75, 3.05) is 5.32 Å². The van der Waals surface area contributed by atoms with Crippen LogP contribution in [0.25, 0.3) is 0 Å². The third-order valence-corrected chi connectivity index (χ3v) is 1.75. The molecule has 8 nitrogen and oxygen atoms in total. The predicted octanol–water partition coefficient (Wildman–Crippen LogP) is -0.472. The molecule has 0 aromatic carbocycles. The van der Waals surface area contributed by atoms with Crippen LogP contribution in [0.5, 0.6) is 0 Å². The van der Waals surface area contributed by atoms with Gasteiger partial charge in [0.15, 0.2) is 0 Å². The van der Waals surface area contributed by atoms with E-state index in [9.17, 15) is 9.59 Å². The molecule has 0 aliphatic heterocycles. The minimum atomic E-state index is -1.12. The van der Waals surface area contributed by atoms with Crippen LogP contribution in [0.15, 0.2) is 0 Å². The SMILES string of the molecule is C[C@H](NC(=O)Nc1nnns1)C(=O)O. The molecule has 0 saturated heterocycles. The molecule has 0 bridgehead atoms. The highest BCUT2D eigenvalue weighted by Gasteiger charge is 2.14. The summed E-state index contributed by atoms with van der Waals surface area (Å²) < 4.78 is 3.41. The summed E-state index contributed by atoms with van der Waals surface area (Å²) in [5.41, 5.74) is 0. The fourth-order valence-corrected chi connectivity index (χ4v) is 0.935. The lowest BCUT2D eigenvalue weighted by atomic mass is 10.3. The number of nitrogens with one attached hydrogen (secondary N) is 2. The molecule has 14 heavy (non-hydrogen) atoms. The van der Waals surface area contributed by atoms with Gasteiger partial charge >= 0.3 is 12.0 Å². The number of anilines is 1. The summed E-state index contributed by atoms with van der Waals surface area (Å²) >= 11 is 0.895. The van der Waals surface area contributed by atoms with E-state index in [2.05, 4.69) is 25.4 Å². The largest absolute Gasteiger partial charge is 0.480 e. The van der Waals surface area contributed by atoms with Crippen molar-refractivity contribution in [3.05, 3.63) is 0 Å². The molecule has 0 unspecified atom stereocenters. The number of amides is 2. The Kier molecular flexibility index (Phi) is 3.29. The van der Waals surface area contributed by atoms with Crippen LogP contribution in [0, 0.1) is 0 Å². The Bertz CT molecular complexity index is 326. The zero-order valence-corrected chi connectivity index (χ0v) is 7.91. The Labute approximate surface area is 82.5 Å². The maximum Gasteiger partial charge on any atom is 0.325 e. The topological polar surface area (TPSA) is 117 Å². The van der Waals surface area contributed by atoms with Crippen molar-refractivity contribution in [1.29, 1.82) is 0 Å². The predicted molar refractivity (Wildman–Crippen MR) is 47.0 cm³/mol. The number of carbonyl (C=O) groups is 2. The average Bonchev–Trinajstić information content (AvgIpc) is 2.56. The molecule has 2 amide bonds. The molecule has 1 rings (SSSR count). The van der Waals surface area contributed by atoms with E-state index in [0.717, 1.165) is 11.5 Å². The summed E-state index contributed by atoms with van der Waals surface area (Å²) in [5, 5.41) is 19.8. The molecule has 9 heteroatoms. The zero-order valence-electron chi connectivity index (χ0n) is 7.09. The lowest BCUT2D eigenvalue weighted by molar-refractivity contribution is -0.138. The number of urea groups is 1. The molecule has 0 spiro atoms. The highest BCUT2D eigenvalue weighted by atomic mass is 32.1. The van der Waals surface area contributed by atoms with Gasteiger partial charge in [0.05, 0.1) is 0 Å². The molecule has 0 saturated carbocycles. The van der Waals surface area contributed by atoms with Gasteiger partial charge in [0, 0.05) is 11.5 Å². The molecule has 0 fully saturated rings. The summed E-state index contributed by atoms with van der Waals surface area (Å²) in [4.78, 5) is 21.4. The lowest BCUT2D eigenvalue weighted by Crippen LogP contribution is -2.40. The number of hydrogen-bond donors (Lipinski definition) is 3. The number of aromatic nitrogens is 3. The number of carbonyl (C=O) groups excluding carboxylic acids is 1. The first-order chi connectivity index (χ1) is 6.59. The normalized spacial score (nSPS) is 11.8. The Morgan fingerprint density at radius 1 is 1.57 bits per heavy atom. The van der Waals surface area contributed by atoms with Crippen LogP contribution in [0.4, 0.5) is 9.93 Å². The number of aliphatic carboxylic acids is 1. The minimum absolute atomic E-state index is 0.208. The highest BCUT2D eigenvalue weighted by molar-refractivity contribution is 7.09. The second kappa shape index (κ2) is 4.46. The van der Waals surface area contributed by atoms with Gasteiger partial charge in [-0.05, 0) is 12.1 Å². The van der Waals surface area contributed by atoms with Crippen molar-refractivity contribution in [1.82, 2.24) is 20.1 Å². The van der Waals surface area contributed by atoms with Gasteiger partial charge in [0.25, 0.3) is 0 Å². The van der Waals surface area contributed by atoms with Gasteiger partial charge in [0.2, 0.25) is 5.13 Å². The molecule has 76 valence electrons. The van der Waals surface area contributed by atoms with E-state index in [1.54, 1.807) is 0 Å². The van der Waals surface area contributed by atoms with E-state index < -0.39 is 18.0 Å². The third-order valence-electron chi connectivity index (χ3n) is 1.24. The fourth-order valence-electron chi connectivity index (χ4n) is 0.573. The van der Waals surface area contributed by atoms with E-state index in [-0.39, 0.29) is 5.13 Å². The first-order valence-electron chi connectivity index (χ1n) is 3.55.